The van der Waals surface area contributed by atoms with Crippen molar-refractivity contribution in [3.05, 3.63) is 54.5 Å². The number of nitrogens with zero attached hydrogens (tertiary/aromatic N) is 4. The summed E-state index contributed by atoms with van der Waals surface area (Å²) in [6.07, 6.45) is 7.33. The van der Waals surface area contributed by atoms with Crippen LogP contribution in [0.15, 0.2) is 48.9 Å². The predicted molar refractivity (Wildman–Crippen MR) is 122 cm³/mol. The zero-order valence-electron chi connectivity index (χ0n) is 18.0. The summed E-state index contributed by atoms with van der Waals surface area (Å²) in [4.78, 5) is 37.0. The van der Waals surface area contributed by atoms with Gasteiger partial charge in [0.05, 0.1) is 18.2 Å². The van der Waals surface area contributed by atoms with Crippen LogP contribution in [-0.4, -0.2) is 32.3 Å². The van der Waals surface area contributed by atoms with Crippen molar-refractivity contribution >= 4 is 34.2 Å². The molecule has 0 bridgehead atoms. The lowest BCUT2D eigenvalue weighted by Gasteiger charge is -2.21. The highest BCUT2D eigenvalue weighted by atomic mass is 16.2. The van der Waals surface area contributed by atoms with E-state index >= 15 is 0 Å². The van der Waals surface area contributed by atoms with Gasteiger partial charge in [-0.05, 0) is 49.9 Å². The molecule has 0 radical (unpaired) electrons. The lowest BCUT2D eigenvalue weighted by Crippen LogP contribution is -2.42. The second-order valence-electron chi connectivity index (χ2n) is 7.90. The Balaban J connectivity index is 1.78. The molecule has 0 aliphatic carbocycles. The third-order valence-corrected chi connectivity index (χ3v) is 4.68. The van der Waals surface area contributed by atoms with E-state index in [1.807, 2.05) is 25.1 Å². The van der Waals surface area contributed by atoms with Gasteiger partial charge >= 0.3 is 0 Å². The van der Waals surface area contributed by atoms with Crippen LogP contribution in [0.2, 0.25) is 0 Å². The van der Waals surface area contributed by atoms with Crippen LogP contribution in [0.25, 0.3) is 22.0 Å². The number of nitrogens with two attached hydrogens (primary N) is 1. The molecule has 0 fully saturated rings. The lowest BCUT2D eigenvalue weighted by atomic mass is 10.0. The van der Waals surface area contributed by atoms with E-state index in [1.165, 1.54) is 6.20 Å². The Kier molecular flexibility index (Phi) is 6.45. The summed E-state index contributed by atoms with van der Waals surface area (Å²) < 4.78 is 0. The van der Waals surface area contributed by atoms with E-state index in [9.17, 15) is 9.59 Å². The predicted octanol–water partition coefficient (Wildman–Crippen LogP) is 2.89. The molecule has 3 aromatic heterocycles. The summed E-state index contributed by atoms with van der Waals surface area (Å²) in [5.74, 6) is -0.364. The Hall–Kier alpha value is -4.32. The molecular weight excluding hydrogens is 406 g/mol. The smallest absolute Gasteiger partial charge is 0.249 e. The molecule has 3 heterocycles. The molecule has 2 amide bonds. The first-order valence-corrected chi connectivity index (χ1v) is 9.84. The second kappa shape index (κ2) is 9.22. The van der Waals surface area contributed by atoms with Gasteiger partial charge in [-0.1, -0.05) is 0 Å². The number of nitrogens with one attached hydrogen (secondary N) is 2. The molecule has 32 heavy (non-hydrogen) atoms. The molecule has 0 saturated heterocycles. The number of rotatable bonds is 6. The maximum absolute atomic E-state index is 12.2. The van der Waals surface area contributed by atoms with Gasteiger partial charge in [-0.25, -0.2) is 9.97 Å². The number of carbonyl (C=O) groups excluding carboxylic acids is 2. The number of nitrogen functional groups attached to an aromatic ring is 1. The van der Waals surface area contributed by atoms with E-state index in [0.29, 0.717) is 22.7 Å². The minimum atomic E-state index is -0.690. The van der Waals surface area contributed by atoms with Crippen molar-refractivity contribution in [1.82, 2.24) is 20.3 Å². The summed E-state index contributed by atoms with van der Waals surface area (Å²) in [6, 6.07) is 7.43. The molecule has 3 rings (SSSR count). The van der Waals surface area contributed by atoms with E-state index in [-0.39, 0.29) is 6.42 Å². The molecule has 0 aromatic carbocycles. The largest absolute Gasteiger partial charge is 0.383 e. The Bertz CT molecular complexity index is 1260. The minimum Gasteiger partial charge on any atom is -0.383 e. The maximum atomic E-state index is 12.2. The number of aromatic nitrogens is 3. The average molecular weight is 429 g/mol. The van der Waals surface area contributed by atoms with Crippen LogP contribution in [-0.2, 0) is 9.59 Å². The molecule has 3 aromatic rings. The molecular formula is C23H23N7O2. The number of nitriles is 1. The van der Waals surface area contributed by atoms with E-state index in [0.717, 1.165) is 28.7 Å². The minimum absolute atomic E-state index is 0.151. The summed E-state index contributed by atoms with van der Waals surface area (Å²) in [7, 11) is 0. The summed E-state index contributed by atoms with van der Waals surface area (Å²) in [5, 5.41) is 15.5. The third kappa shape index (κ3) is 5.43. The van der Waals surface area contributed by atoms with E-state index in [1.54, 1.807) is 32.3 Å². The van der Waals surface area contributed by atoms with Gasteiger partial charge in [0.2, 0.25) is 11.8 Å². The average Bonchev–Trinajstić information content (AvgIpc) is 2.72. The van der Waals surface area contributed by atoms with Crippen molar-refractivity contribution in [3.63, 3.8) is 0 Å². The molecule has 0 unspecified atom stereocenters. The lowest BCUT2D eigenvalue weighted by molar-refractivity contribution is -0.118. The number of fused-ring (bicyclic) bond motifs is 1. The molecule has 0 saturated carbocycles. The Morgan fingerprint density at radius 2 is 1.97 bits per heavy atom. The Morgan fingerprint density at radius 3 is 2.69 bits per heavy atom. The second-order valence-corrected chi connectivity index (χ2v) is 7.90. The number of anilines is 2. The normalized spacial score (nSPS) is 11.3. The molecule has 0 atom stereocenters. The van der Waals surface area contributed by atoms with Crippen molar-refractivity contribution in [2.24, 2.45) is 0 Å². The van der Waals surface area contributed by atoms with Crippen LogP contribution in [0.5, 0.6) is 0 Å². The summed E-state index contributed by atoms with van der Waals surface area (Å²) in [6.45, 7) is 5.41. The van der Waals surface area contributed by atoms with Crippen molar-refractivity contribution in [3.8, 4) is 17.3 Å². The number of hydrogen-bond donors (Lipinski definition) is 3. The van der Waals surface area contributed by atoms with Gasteiger partial charge in [0.25, 0.3) is 0 Å². The van der Waals surface area contributed by atoms with Crippen LogP contribution in [0.1, 0.15) is 25.8 Å². The highest BCUT2D eigenvalue weighted by Gasteiger charge is 2.18. The zero-order valence-corrected chi connectivity index (χ0v) is 18.0. The molecule has 4 N–H and O–H groups in total. The van der Waals surface area contributed by atoms with E-state index in [2.05, 4.69) is 25.6 Å². The Labute approximate surface area is 185 Å². The highest BCUT2D eigenvalue weighted by molar-refractivity contribution is 6.04. The molecule has 0 aliphatic rings. The van der Waals surface area contributed by atoms with Crippen LogP contribution in [0.3, 0.4) is 0 Å². The number of pyridine rings is 3. The third-order valence-electron chi connectivity index (χ3n) is 4.68. The van der Waals surface area contributed by atoms with Crippen molar-refractivity contribution in [1.29, 1.82) is 5.26 Å². The van der Waals surface area contributed by atoms with Crippen LogP contribution in [0, 0.1) is 18.3 Å². The fraction of sp³-hybridized carbons (Fsp3) is 0.217. The van der Waals surface area contributed by atoms with Gasteiger partial charge < -0.3 is 16.4 Å². The van der Waals surface area contributed by atoms with Gasteiger partial charge in [-0.15, -0.1) is 0 Å². The van der Waals surface area contributed by atoms with Crippen LogP contribution < -0.4 is 16.4 Å². The van der Waals surface area contributed by atoms with E-state index < -0.39 is 17.4 Å². The molecule has 162 valence electrons. The van der Waals surface area contributed by atoms with Crippen molar-refractivity contribution < 1.29 is 9.59 Å². The monoisotopic (exact) mass is 429 g/mol. The first kappa shape index (κ1) is 22.4. The number of hydrogen-bond acceptors (Lipinski definition) is 7. The van der Waals surface area contributed by atoms with Gasteiger partial charge in [0.15, 0.2) is 0 Å². The molecule has 9 heteroatoms. The maximum Gasteiger partial charge on any atom is 0.249 e. The van der Waals surface area contributed by atoms with Crippen molar-refractivity contribution in [2.75, 3.05) is 11.1 Å². The fourth-order valence-corrected chi connectivity index (χ4v) is 3.05. The highest BCUT2D eigenvalue weighted by Crippen LogP contribution is 2.28. The number of carbonyl (C=O) groups is 2. The Morgan fingerprint density at radius 1 is 1.22 bits per heavy atom. The quantitative estimate of drug-likeness (QED) is 0.510. The van der Waals surface area contributed by atoms with Crippen LogP contribution >= 0.6 is 0 Å². The fourth-order valence-electron chi connectivity index (χ4n) is 3.05. The number of aryl methyl sites for hydroxylation is 1. The SMILES string of the molecule is Cc1ccncc1-c1cc2cc(NC(=O)/C=C\C(=O)NC(C)(C)CC#N)ncc2c(N)n1. The van der Waals surface area contributed by atoms with Gasteiger partial charge in [0.1, 0.15) is 11.6 Å². The molecule has 0 spiro atoms. The van der Waals surface area contributed by atoms with Crippen molar-refractivity contribution in [2.45, 2.75) is 32.7 Å². The first-order chi connectivity index (χ1) is 15.2. The van der Waals surface area contributed by atoms with Gasteiger partial charge in [0, 0.05) is 47.2 Å². The summed E-state index contributed by atoms with van der Waals surface area (Å²) in [5.41, 5.74) is 7.96. The summed E-state index contributed by atoms with van der Waals surface area (Å²) >= 11 is 0. The topological polar surface area (TPSA) is 147 Å². The standard InChI is InChI=1S/C23H23N7O2/c1-14-6-9-26-12-16(14)18-10-15-11-19(27-13-17(15)22(25)28-18)29-20(31)4-5-21(32)30-23(2,3)7-8-24/h4-6,9-13H,7H2,1-3H3,(H2,25,28)(H,30,32)(H,27,29,31)/b5-4-. The van der Waals surface area contributed by atoms with E-state index in [4.69, 9.17) is 11.0 Å². The van der Waals surface area contributed by atoms with Gasteiger partial charge in [-0.2, -0.15) is 5.26 Å². The number of amides is 2. The molecule has 0 aliphatic heterocycles. The van der Waals surface area contributed by atoms with Gasteiger partial charge in [-0.3, -0.25) is 14.6 Å². The molecule has 9 nitrogen and oxygen atoms in total. The first-order valence-electron chi connectivity index (χ1n) is 9.84. The zero-order chi connectivity index (χ0) is 23.3. The van der Waals surface area contributed by atoms with Crippen LogP contribution in [0.4, 0.5) is 11.6 Å².